The molecule has 0 aliphatic carbocycles. The lowest BCUT2D eigenvalue weighted by atomic mass is 10.3. The lowest BCUT2D eigenvalue weighted by Crippen LogP contribution is -2.06. The summed E-state index contributed by atoms with van der Waals surface area (Å²) in [5.41, 5.74) is 1.09. The van der Waals surface area contributed by atoms with E-state index >= 15 is 0 Å². The van der Waals surface area contributed by atoms with Crippen LogP contribution in [-0.2, 0) is 0 Å². The molecule has 0 saturated heterocycles. The van der Waals surface area contributed by atoms with E-state index in [2.05, 4.69) is 6.58 Å². The van der Waals surface area contributed by atoms with Gasteiger partial charge in [0.25, 0.3) is 0 Å². The second kappa shape index (κ2) is 6.47. The molecule has 0 aromatic rings. The Hall–Kier alpha value is -1.24. The largest absolute Gasteiger partial charge is 0.325 e. The van der Waals surface area contributed by atoms with E-state index in [1.54, 1.807) is 0 Å². The third kappa shape index (κ3) is 3.24. The highest BCUT2D eigenvalue weighted by Crippen LogP contribution is 2.06. The van der Waals surface area contributed by atoms with E-state index in [0.29, 0.717) is 0 Å². The van der Waals surface area contributed by atoms with Crippen molar-refractivity contribution in [3.05, 3.63) is 49.0 Å². The first-order valence-corrected chi connectivity index (χ1v) is 4.12. The molecule has 1 heteroatoms. The maximum absolute atomic E-state index is 3.74. The highest BCUT2D eigenvalue weighted by atomic mass is 15.1. The summed E-state index contributed by atoms with van der Waals surface area (Å²) < 4.78 is 0. The molecule has 0 heterocycles. The van der Waals surface area contributed by atoms with Gasteiger partial charge in [-0.2, -0.15) is 0 Å². The Morgan fingerprint density at radius 2 is 1.58 bits per heavy atom. The summed E-state index contributed by atoms with van der Waals surface area (Å²) in [7, 11) is 0. The van der Waals surface area contributed by atoms with Crippen molar-refractivity contribution in [3.63, 3.8) is 0 Å². The van der Waals surface area contributed by atoms with Crippen LogP contribution in [0.1, 0.15) is 20.8 Å². The molecule has 0 radical (unpaired) electrons. The molecule has 0 aromatic heterocycles. The SMILES string of the molecule is C=C/C(=C/C)N(/C=C\C)/C=C/C. The van der Waals surface area contributed by atoms with Crippen molar-refractivity contribution in [2.24, 2.45) is 0 Å². The van der Waals surface area contributed by atoms with Crippen molar-refractivity contribution < 1.29 is 0 Å². The fourth-order valence-electron chi connectivity index (χ4n) is 0.915. The topological polar surface area (TPSA) is 3.24 Å². The Bertz CT molecular complexity index is 197. The molecule has 0 bridgehead atoms. The minimum atomic E-state index is 1.09. The van der Waals surface area contributed by atoms with Gasteiger partial charge in [0.15, 0.2) is 0 Å². The Labute approximate surface area is 75.4 Å². The molecule has 0 aromatic carbocycles. The molecule has 0 rings (SSSR count). The van der Waals surface area contributed by atoms with E-state index in [-0.39, 0.29) is 0 Å². The molecular weight excluding hydrogens is 146 g/mol. The van der Waals surface area contributed by atoms with Crippen LogP contribution >= 0.6 is 0 Å². The highest BCUT2D eigenvalue weighted by molar-refractivity contribution is 5.19. The lowest BCUT2D eigenvalue weighted by Gasteiger charge is -2.15. The van der Waals surface area contributed by atoms with Crippen LogP contribution < -0.4 is 0 Å². The number of hydrogen-bond acceptors (Lipinski definition) is 1. The van der Waals surface area contributed by atoms with E-state index in [1.165, 1.54) is 0 Å². The summed E-state index contributed by atoms with van der Waals surface area (Å²) in [6.45, 7) is 9.72. The summed E-state index contributed by atoms with van der Waals surface area (Å²) in [5.74, 6) is 0. The zero-order valence-electron chi connectivity index (χ0n) is 8.12. The summed E-state index contributed by atoms with van der Waals surface area (Å²) in [6, 6.07) is 0. The van der Waals surface area contributed by atoms with Crippen molar-refractivity contribution in [1.82, 2.24) is 4.90 Å². The van der Waals surface area contributed by atoms with Gasteiger partial charge in [-0.3, -0.25) is 0 Å². The molecule has 0 N–H and O–H groups in total. The van der Waals surface area contributed by atoms with Gasteiger partial charge in [0, 0.05) is 18.1 Å². The number of hydrogen-bond donors (Lipinski definition) is 0. The monoisotopic (exact) mass is 163 g/mol. The van der Waals surface area contributed by atoms with Gasteiger partial charge < -0.3 is 4.90 Å². The molecule has 12 heavy (non-hydrogen) atoms. The molecule has 0 spiro atoms. The summed E-state index contributed by atoms with van der Waals surface area (Å²) in [4.78, 5) is 2.02. The fourth-order valence-corrected chi connectivity index (χ4v) is 0.915. The number of allylic oxidation sites excluding steroid dienone is 4. The van der Waals surface area contributed by atoms with Crippen molar-refractivity contribution in [2.45, 2.75) is 20.8 Å². The Morgan fingerprint density at radius 1 is 1.08 bits per heavy atom. The Morgan fingerprint density at radius 3 is 1.83 bits per heavy atom. The Kier molecular flexibility index (Phi) is 5.80. The van der Waals surface area contributed by atoms with Crippen LogP contribution in [0.5, 0.6) is 0 Å². The van der Waals surface area contributed by atoms with E-state index in [1.807, 2.05) is 62.4 Å². The van der Waals surface area contributed by atoms with E-state index in [9.17, 15) is 0 Å². The van der Waals surface area contributed by atoms with Crippen molar-refractivity contribution >= 4 is 0 Å². The van der Waals surface area contributed by atoms with Crippen LogP contribution in [0.2, 0.25) is 0 Å². The van der Waals surface area contributed by atoms with Crippen molar-refractivity contribution in [2.75, 3.05) is 0 Å². The second-order valence-electron chi connectivity index (χ2n) is 2.29. The molecule has 0 fully saturated rings. The standard InChI is InChI=1S/C11H17N/c1-5-9-12(10-6-2)11(7-3)8-4/h5-10H,3H2,1-2,4H3/b9-5-,10-6+,11-8-. The fraction of sp³-hybridized carbons (Fsp3) is 0.273. The van der Waals surface area contributed by atoms with E-state index in [4.69, 9.17) is 0 Å². The number of rotatable bonds is 4. The maximum atomic E-state index is 3.74. The molecule has 0 saturated carbocycles. The normalized spacial score (nSPS) is 12.8. The maximum Gasteiger partial charge on any atom is 0.0400 e. The van der Waals surface area contributed by atoms with Crippen LogP contribution in [0.4, 0.5) is 0 Å². The quantitative estimate of drug-likeness (QED) is 0.574. The summed E-state index contributed by atoms with van der Waals surface area (Å²) in [6.07, 6.45) is 11.8. The highest BCUT2D eigenvalue weighted by Gasteiger charge is 1.94. The lowest BCUT2D eigenvalue weighted by molar-refractivity contribution is 0.647. The summed E-state index contributed by atoms with van der Waals surface area (Å²) >= 11 is 0. The first kappa shape index (κ1) is 10.8. The summed E-state index contributed by atoms with van der Waals surface area (Å²) in [5, 5.41) is 0. The van der Waals surface area contributed by atoms with Gasteiger partial charge in [0.05, 0.1) is 0 Å². The molecule has 0 unspecified atom stereocenters. The third-order valence-corrected chi connectivity index (χ3v) is 1.42. The zero-order chi connectivity index (χ0) is 9.40. The molecule has 0 aliphatic heterocycles. The van der Waals surface area contributed by atoms with Gasteiger partial charge >= 0.3 is 0 Å². The molecule has 0 amide bonds. The molecule has 0 atom stereocenters. The average molecular weight is 163 g/mol. The first-order chi connectivity index (χ1) is 5.79. The molecule has 66 valence electrons. The zero-order valence-corrected chi connectivity index (χ0v) is 8.12. The van der Waals surface area contributed by atoms with Gasteiger partial charge in [-0.25, -0.2) is 0 Å². The average Bonchev–Trinajstić information content (AvgIpc) is 2.07. The molecular formula is C11H17N. The van der Waals surface area contributed by atoms with Crippen LogP contribution in [-0.4, -0.2) is 4.90 Å². The minimum absolute atomic E-state index is 1.09. The van der Waals surface area contributed by atoms with Gasteiger partial charge in [0.1, 0.15) is 0 Å². The van der Waals surface area contributed by atoms with Crippen LogP contribution in [0.15, 0.2) is 49.0 Å². The van der Waals surface area contributed by atoms with Crippen LogP contribution in [0.3, 0.4) is 0 Å². The van der Waals surface area contributed by atoms with Gasteiger partial charge in [-0.15, -0.1) is 0 Å². The minimum Gasteiger partial charge on any atom is -0.325 e. The van der Waals surface area contributed by atoms with Gasteiger partial charge in [0.2, 0.25) is 0 Å². The third-order valence-electron chi connectivity index (χ3n) is 1.42. The Balaban J connectivity index is 4.59. The predicted molar refractivity (Wildman–Crippen MR) is 55.4 cm³/mol. The number of nitrogens with zero attached hydrogens (tertiary/aromatic N) is 1. The second-order valence-corrected chi connectivity index (χ2v) is 2.29. The van der Waals surface area contributed by atoms with E-state index in [0.717, 1.165) is 5.70 Å². The van der Waals surface area contributed by atoms with Gasteiger partial charge in [-0.05, 0) is 26.8 Å². The van der Waals surface area contributed by atoms with Crippen molar-refractivity contribution in [3.8, 4) is 0 Å². The smallest absolute Gasteiger partial charge is 0.0400 e. The first-order valence-electron chi connectivity index (χ1n) is 4.12. The van der Waals surface area contributed by atoms with E-state index < -0.39 is 0 Å². The van der Waals surface area contributed by atoms with Crippen LogP contribution in [0.25, 0.3) is 0 Å². The van der Waals surface area contributed by atoms with Gasteiger partial charge in [-0.1, -0.05) is 24.8 Å². The molecule has 0 aliphatic rings. The molecule has 1 nitrogen and oxygen atoms in total. The predicted octanol–water partition coefficient (Wildman–Crippen LogP) is 3.45. The van der Waals surface area contributed by atoms with Crippen molar-refractivity contribution in [1.29, 1.82) is 0 Å². The van der Waals surface area contributed by atoms with Crippen LogP contribution in [0, 0.1) is 0 Å².